The van der Waals surface area contributed by atoms with Crippen LogP contribution < -0.4 is 11.1 Å². The summed E-state index contributed by atoms with van der Waals surface area (Å²) in [5.41, 5.74) is 6.63. The highest BCUT2D eigenvalue weighted by molar-refractivity contribution is 14.1. The van der Waals surface area contributed by atoms with Gasteiger partial charge < -0.3 is 11.1 Å². The lowest BCUT2D eigenvalue weighted by Crippen LogP contribution is -2.40. The van der Waals surface area contributed by atoms with Crippen molar-refractivity contribution >= 4 is 50.1 Å². The fraction of sp³-hybridized carbons (Fsp3) is 0.417. The molecule has 3 N–H and O–H groups in total. The summed E-state index contributed by atoms with van der Waals surface area (Å²) in [7, 11) is 0. The first-order valence-electron chi connectivity index (χ1n) is 5.47. The van der Waals surface area contributed by atoms with Crippen LogP contribution in [0.1, 0.15) is 20.3 Å². The summed E-state index contributed by atoms with van der Waals surface area (Å²) in [5.74, 6) is 0.0406. The van der Waals surface area contributed by atoms with Crippen molar-refractivity contribution in [1.82, 2.24) is 0 Å². The van der Waals surface area contributed by atoms with Crippen molar-refractivity contribution in [3.63, 3.8) is 0 Å². The molecule has 0 spiro atoms. The molecule has 3 nitrogen and oxygen atoms in total. The monoisotopic (exact) mass is 410 g/mol. The Kier molecular flexibility index (Phi) is 5.88. The fourth-order valence-corrected chi connectivity index (χ4v) is 2.72. The number of hydrogen-bond donors (Lipinski definition) is 2. The van der Waals surface area contributed by atoms with Crippen LogP contribution in [0.2, 0.25) is 0 Å². The molecule has 17 heavy (non-hydrogen) atoms. The third kappa shape index (κ3) is 4.22. The Hall–Kier alpha value is -0.140. The first kappa shape index (κ1) is 14.9. The smallest absolute Gasteiger partial charge is 0.241 e. The molecule has 2 atom stereocenters. The molecule has 1 aromatic rings. The van der Waals surface area contributed by atoms with Crippen LogP contribution in [0.25, 0.3) is 0 Å². The standard InChI is InChI=1S/C12H16BrIN2O/c1-3-7(2)11(15)12(17)16-10-5-4-8(14)6-9(10)13/h4-7,11H,3,15H2,1-2H3,(H,16,17)/t7-,11-/m0/s1. The second kappa shape index (κ2) is 6.70. The molecule has 1 amide bonds. The zero-order valence-corrected chi connectivity index (χ0v) is 13.6. The first-order valence-corrected chi connectivity index (χ1v) is 7.34. The van der Waals surface area contributed by atoms with E-state index in [-0.39, 0.29) is 11.8 Å². The van der Waals surface area contributed by atoms with E-state index in [0.29, 0.717) is 0 Å². The first-order chi connectivity index (χ1) is 7.95. The third-order valence-electron chi connectivity index (χ3n) is 2.75. The van der Waals surface area contributed by atoms with Crippen molar-refractivity contribution in [3.8, 4) is 0 Å². The lowest BCUT2D eigenvalue weighted by molar-refractivity contribution is -0.118. The molecule has 94 valence electrons. The second-order valence-electron chi connectivity index (χ2n) is 4.02. The largest absolute Gasteiger partial charge is 0.324 e. The Morgan fingerprint density at radius 2 is 2.24 bits per heavy atom. The van der Waals surface area contributed by atoms with Gasteiger partial charge in [0.25, 0.3) is 0 Å². The average Bonchev–Trinajstić information content (AvgIpc) is 2.30. The quantitative estimate of drug-likeness (QED) is 0.747. The van der Waals surface area contributed by atoms with E-state index >= 15 is 0 Å². The summed E-state index contributed by atoms with van der Waals surface area (Å²) in [6.07, 6.45) is 0.891. The van der Waals surface area contributed by atoms with Crippen LogP contribution in [0.15, 0.2) is 22.7 Å². The number of carbonyl (C=O) groups excluding carboxylic acids is 1. The van der Waals surface area contributed by atoms with Gasteiger partial charge in [-0.05, 0) is 62.6 Å². The highest BCUT2D eigenvalue weighted by Crippen LogP contribution is 2.24. The summed E-state index contributed by atoms with van der Waals surface area (Å²) >= 11 is 5.64. The number of anilines is 1. The van der Waals surface area contributed by atoms with Crippen LogP contribution in [-0.4, -0.2) is 11.9 Å². The van der Waals surface area contributed by atoms with Crippen molar-refractivity contribution < 1.29 is 4.79 Å². The molecule has 5 heteroatoms. The number of carbonyl (C=O) groups is 1. The Labute approximate surface area is 124 Å². The van der Waals surface area contributed by atoms with Gasteiger partial charge in [-0.25, -0.2) is 0 Å². The van der Waals surface area contributed by atoms with Gasteiger partial charge in [0.05, 0.1) is 11.7 Å². The van der Waals surface area contributed by atoms with Crippen molar-refractivity contribution in [2.75, 3.05) is 5.32 Å². The minimum Gasteiger partial charge on any atom is -0.324 e. The molecule has 0 aromatic heterocycles. The highest BCUT2D eigenvalue weighted by Gasteiger charge is 2.19. The molecule has 1 rings (SSSR count). The van der Waals surface area contributed by atoms with E-state index < -0.39 is 6.04 Å². The van der Waals surface area contributed by atoms with Gasteiger partial charge in [0.2, 0.25) is 5.91 Å². The van der Waals surface area contributed by atoms with E-state index in [9.17, 15) is 4.79 Å². The fourth-order valence-electron chi connectivity index (χ4n) is 1.32. The summed E-state index contributed by atoms with van der Waals surface area (Å²) in [6, 6.07) is 5.29. The van der Waals surface area contributed by atoms with Crippen LogP contribution >= 0.6 is 38.5 Å². The number of hydrogen-bond acceptors (Lipinski definition) is 2. The van der Waals surface area contributed by atoms with Crippen molar-refractivity contribution in [2.24, 2.45) is 11.7 Å². The van der Waals surface area contributed by atoms with Crippen molar-refractivity contribution in [3.05, 3.63) is 26.2 Å². The summed E-state index contributed by atoms with van der Waals surface area (Å²) in [6.45, 7) is 4.01. The maximum Gasteiger partial charge on any atom is 0.241 e. The van der Waals surface area contributed by atoms with Crippen LogP contribution in [0, 0.1) is 9.49 Å². The summed E-state index contributed by atoms with van der Waals surface area (Å²) in [5, 5.41) is 2.84. The number of rotatable bonds is 4. The van der Waals surface area contributed by atoms with Crippen LogP contribution in [0.3, 0.4) is 0 Å². The van der Waals surface area contributed by atoms with E-state index in [1.165, 1.54) is 0 Å². The van der Waals surface area contributed by atoms with Crippen molar-refractivity contribution in [1.29, 1.82) is 0 Å². The predicted molar refractivity (Wildman–Crippen MR) is 82.9 cm³/mol. The van der Waals surface area contributed by atoms with Gasteiger partial charge in [-0.3, -0.25) is 4.79 Å². The molecule has 0 radical (unpaired) electrons. The second-order valence-corrected chi connectivity index (χ2v) is 6.12. The summed E-state index contributed by atoms with van der Waals surface area (Å²) in [4.78, 5) is 11.9. The normalized spacial score (nSPS) is 14.2. The van der Waals surface area contributed by atoms with Gasteiger partial charge in [0, 0.05) is 8.04 Å². The Morgan fingerprint density at radius 3 is 2.76 bits per heavy atom. The molecule has 0 unspecified atom stereocenters. The number of amides is 1. The van der Waals surface area contributed by atoms with Gasteiger partial charge in [-0.15, -0.1) is 0 Å². The maximum absolute atomic E-state index is 11.9. The molecule has 0 saturated heterocycles. The highest BCUT2D eigenvalue weighted by atomic mass is 127. The lowest BCUT2D eigenvalue weighted by atomic mass is 9.99. The number of halogens is 2. The zero-order valence-electron chi connectivity index (χ0n) is 9.84. The molecule has 0 aliphatic carbocycles. The van der Waals surface area contributed by atoms with E-state index in [2.05, 4.69) is 43.8 Å². The maximum atomic E-state index is 11.9. The molecule has 1 aromatic carbocycles. The van der Waals surface area contributed by atoms with Crippen LogP contribution in [0.5, 0.6) is 0 Å². The van der Waals surface area contributed by atoms with E-state index in [1.807, 2.05) is 32.0 Å². The number of nitrogens with one attached hydrogen (secondary N) is 1. The van der Waals surface area contributed by atoms with Gasteiger partial charge in [0.15, 0.2) is 0 Å². The number of benzene rings is 1. The molecule has 0 heterocycles. The topological polar surface area (TPSA) is 55.1 Å². The molecule has 0 aliphatic rings. The lowest BCUT2D eigenvalue weighted by Gasteiger charge is -2.18. The van der Waals surface area contributed by atoms with Crippen molar-refractivity contribution in [2.45, 2.75) is 26.3 Å². The molecule has 0 bridgehead atoms. The minimum atomic E-state index is -0.467. The molecule has 0 aliphatic heterocycles. The Bertz CT molecular complexity index is 411. The molecule has 0 fully saturated rings. The molecular weight excluding hydrogens is 395 g/mol. The van der Waals surface area contributed by atoms with Gasteiger partial charge in [-0.2, -0.15) is 0 Å². The van der Waals surface area contributed by atoms with E-state index in [1.54, 1.807) is 0 Å². The number of nitrogens with two attached hydrogens (primary N) is 1. The SMILES string of the molecule is CC[C@H](C)[C@H](N)C(=O)Nc1ccc(I)cc1Br. The van der Waals surface area contributed by atoms with Crippen LogP contribution in [0.4, 0.5) is 5.69 Å². The third-order valence-corrected chi connectivity index (χ3v) is 4.08. The Morgan fingerprint density at radius 1 is 1.59 bits per heavy atom. The van der Waals surface area contributed by atoms with Gasteiger partial charge >= 0.3 is 0 Å². The predicted octanol–water partition coefficient (Wildman–Crippen LogP) is 3.37. The van der Waals surface area contributed by atoms with Crippen LogP contribution in [-0.2, 0) is 4.79 Å². The summed E-state index contributed by atoms with van der Waals surface area (Å²) < 4.78 is 1.98. The van der Waals surface area contributed by atoms with Gasteiger partial charge in [-0.1, -0.05) is 20.3 Å². The van der Waals surface area contributed by atoms with E-state index in [4.69, 9.17) is 5.73 Å². The minimum absolute atomic E-state index is 0.138. The average molecular weight is 411 g/mol. The zero-order chi connectivity index (χ0) is 13.0. The molecular formula is C12H16BrIN2O. The van der Waals surface area contributed by atoms with E-state index in [0.717, 1.165) is 20.2 Å². The van der Waals surface area contributed by atoms with Gasteiger partial charge in [0.1, 0.15) is 0 Å². The molecule has 0 saturated carbocycles. The Balaban J connectivity index is 2.74.